The van der Waals surface area contributed by atoms with E-state index in [2.05, 4.69) is 10.2 Å². The Hall–Kier alpha value is -7.12. The smallest absolute Gasteiger partial charge is 0.200 e. The largest absolute Gasteiger partial charge is 0.507 e. The van der Waals surface area contributed by atoms with Gasteiger partial charge in [-0.15, -0.1) is 0 Å². The molecule has 0 bridgehead atoms. The van der Waals surface area contributed by atoms with Crippen molar-refractivity contribution in [1.82, 2.24) is 0 Å². The minimum absolute atomic E-state index is 0.0568. The summed E-state index contributed by atoms with van der Waals surface area (Å²) in [4.78, 5) is 0. The summed E-state index contributed by atoms with van der Waals surface area (Å²) < 4.78 is 141. The number of halogens is 10. The molecule has 0 aliphatic carbocycles. The number of hydrogen-bond acceptors (Lipinski definition) is 10. The molecule has 62 heavy (non-hydrogen) atoms. The van der Waals surface area contributed by atoms with E-state index in [0.29, 0.717) is 12.4 Å². The number of hydrazone groups is 2. The summed E-state index contributed by atoms with van der Waals surface area (Å²) in [5.41, 5.74) is -0.854. The maximum Gasteiger partial charge on any atom is 0.200 e. The summed E-state index contributed by atoms with van der Waals surface area (Å²) >= 11 is 0. The Morgan fingerprint density at radius 1 is 0.435 bits per heavy atom. The van der Waals surface area contributed by atoms with Crippen LogP contribution in [0.15, 0.2) is 22.3 Å². The predicted octanol–water partition coefficient (Wildman–Crippen LogP) is 11.0. The third kappa shape index (κ3) is 6.78. The monoisotopic (exact) mass is 878 g/mol. The fraction of sp³-hybridized carbons (Fsp3) is 0.190. The molecule has 0 amide bonds. The summed E-state index contributed by atoms with van der Waals surface area (Å²) in [5, 5.41) is 75.6. The summed E-state index contributed by atoms with van der Waals surface area (Å²) in [6.45, 7) is 9.39. The van der Waals surface area contributed by atoms with Crippen molar-refractivity contribution in [3.8, 4) is 45.6 Å². The van der Waals surface area contributed by atoms with Crippen LogP contribution in [0.1, 0.15) is 72.9 Å². The van der Waals surface area contributed by atoms with Crippen molar-refractivity contribution in [3.63, 3.8) is 0 Å². The third-order valence-corrected chi connectivity index (χ3v) is 10.1. The molecule has 0 spiro atoms. The third-order valence-electron chi connectivity index (χ3n) is 10.1. The fourth-order valence-electron chi connectivity index (χ4n) is 7.35. The van der Waals surface area contributed by atoms with E-state index in [-0.39, 0.29) is 54.9 Å². The Bertz CT molecular complexity index is 2720. The summed E-state index contributed by atoms with van der Waals surface area (Å²) in [5.74, 6) is -29.3. The molecule has 0 fully saturated rings. The predicted molar refractivity (Wildman–Crippen MR) is 209 cm³/mol. The minimum atomic E-state index is -2.44. The molecular formula is C42H32F10N4O6. The Morgan fingerprint density at radius 3 is 0.984 bits per heavy atom. The molecule has 0 saturated carbocycles. The number of nitrogens with one attached hydrogen (secondary N) is 2. The molecule has 0 heterocycles. The SMILES string of the molecule is Cc1cc2c(C(C)C)c(O)c(O)c(/C=N\Nc3c(F)c(F)c(F)c(F)c3F)c2c(O)c1-c1c(C)cc2c(C(C)C)c(O)c(O)c(/C=N\Nc3c(F)c(F)c(F)c(F)c3F)c2c1O. The normalized spacial score (nSPS) is 12.1. The second kappa shape index (κ2) is 16.1. The van der Waals surface area contributed by atoms with E-state index in [4.69, 9.17) is 0 Å². The van der Waals surface area contributed by atoms with Crippen molar-refractivity contribution in [1.29, 1.82) is 0 Å². The Balaban J connectivity index is 1.65. The lowest BCUT2D eigenvalue weighted by Gasteiger charge is -2.23. The van der Waals surface area contributed by atoms with E-state index >= 15 is 0 Å². The zero-order chi connectivity index (χ0) is 46.1. The number of fused-ring (bicyclic) bond motifs is 2. The fourth-order valence-corrected chi connectivity index (χ4v) is 7.35. The van der Waals surface area contributed by atoms with Crippen LogP contribution in [0.4, 0.5) is 55.3 Å². The first-order valence-corrected chi connectivity index (χ1v) is 18.1. The lowest BCUT2D eigenvalue weighted by Crippen LogP contribution is -2.07. The number of rotatable bonds is 9. The molecule has 0 aliphatic heterocycles. The van der Waals surface area contributed by atoms with E-state index in [1.165, 1.54) is 26.0 Å². The molecule has 6 aromatic carbocycles. The lowest BCUT2D eigenvalue weighted by atomic mass is 9.83. The zero-order valence-electron chi connectivity index (χ0n) is 32.8. The average molecular weight is 879 g/mol. The number of phenols is 6. The van der Waals surface area contributed by atoms with Crippen LogP contribution in [0.3, 0.4) is 0 Å². The van der Waals surface area contributed by atoms with Crippen LogP contribution in [0.25, 0.3) is 32.7 Å². The van der Waals surface area contributed by atoms with Crippen molar-refractivity contribution in [3.05, 3.63) is 104 Å². The molecule has 20 heteroatoms. The Labute approximate surface area is 343 Å². The van der Waals surface area contributed by atoms with Crippen molar-refractivity contribution in [2.45, 2.75) is 53.4 Å². The molecule has 0 saturated heterocycles. The van der Waals surface area contributed by atoms with Crippen LogP contribution < -0.4 is 10.9 Å². The minimum Gasteiger partial charge on any atom is -0.507 e. The summed E-state index contributed by atoms with van der Waals surface area (Å²) in [6, 6.07) is 2.84. The highest BCUT2D eigenvalue weighted by molar-refractivity contribution is 6.15. The number of nitrogens with zero attached hydrogens (tertiary/aromatic N) is 2. The Morgan fingerprint density at radius 2 is 0.710 bits per heavy atom. The van der Waals surface area contributed by atoms with Gasteiger partial charge in [-0.2, -0.15) is 10.2 Å². The van der Waals surface area contributed by atoms with Gasteiger partial charge in [-0.1, -0.05) is 39.8 Å². The molecule has 10 nitrogen and oxygen atoms in total. The van der Waals surface area contributed by atoms with Gasteiger partial charge in [0.2, 0.25) is 11.6 Å². The highest BCUT2D eigenvalue weighted by Gasteiger charge is 2.31. The van der Waals surface area contributed by atoms with Gasteiger partial charge in [0.25, 0.3) is 0 Å². The molecule has 0 aromatic heterocycles. The van der Waals surface area contributed by atoms with Crippen LogP contribution in [0.2, 0.25) is 0 Å². The number of aryl methyl sites for hydroxylation is 2. The maximum absolute atomic E-state index is 14.4. The molecule has 0 aliphatic rings. The topological polar surface area (TPSA) is 170 Å². The molecule has 0 unspecified atom stereocenters. The number of anilines is 2. The van der Waals surface area contributed by atoms with Crippen LogP contribution in [0.5, 0.6) is 34.5 Å². The average Bonchev–Trinajstić information content (AvgIpc) is 3.21. The van der Waals surface area contributed by atoms with E-state index < -0.39 is 127 Å². The van der Waals surface area contributed by atoms with Gasteiger partial charge in [-0.05, 0) is 47.6 Å². The molecule has 8 N–H and O–H groups in total. The van der Waals surface area contributed by atoms with Crippen molar-refractivity contribution < 1.29 is 74.5 Å². The molecule has 0 atom stereocenters. The van der Waals surface area contributed by atoms with E-state index in [0.717, 1.165) is 0 Å². The van der Waals surface area contributed by atoms with Gasteiger partial charge < -0.3 is 30.6 Å². The first-order valence-electron chi connectivity index (χ1n) is 18.1. The molecule has 0 radical (unpaired) electrons. The maximum atomic E-state index is 14.4. The highest BCUT2D eigenvalue weighted by atomic mass is 19.2. The number of phenolic OH excluding ortho intramolecular Hbond substituents is 6. The standard InChI is InChI=1S/C42H32F10N4O6/c1-11(2)19-15-7-13(5)21(39(59)23(15)17(37(57)41(19)61)9-53-55-35-31(49)27(45)25(43)28(46)32(35)50)22-14(6)8-16-20(12(3)4)42(62)38(58)18(24(16)40(22)60)10-54-56-36-33(51)29(47)26(44)30(48)34(36)52/h7-12,55-62H,1-6H3/b53-9-,54-10-. The van der Waals surface area contributed by atoms with Crippen LogP contribution in [0, 0.1) is 72.0 Å². The zero-order valence-corrected chi connectivity index (χ0v) is 32.8. The van der Waals surface area contributed by atoms with Gasteiger partial charge >= 0.3 is 0 Å². The number of benzene rings is 6. The van der Waals surface area contributed by atoms with Gasteiger partial charge in [-0.3, -0.25) is 10.9 Å². The first-order chi connectivity index (χ1) is 29.0. The first kappa shape index (κ1) is 44.4. The molecule has 6 aromatic rings. The van der Waals surface area contributed by atoms with Crippen molar-refractivity contribution in [2.24, 2.45) is 10.2 Å². The Kier molecular flexibility index (Phi) is 11.5. The van der Waals surface area contributed by atoms with Crippen LogP contribution >= 0.6 is 0 Å². The van der Waals surface area contributed by atoms with Gasteiger partial charge in [0.15, 0.2) is 69.5 Å². The van der Waals surface area contributed by atoms with Crippen molar-refractivity contribution in [2.75, 3.05) is 10.9 Å². The van der Waals surface area contributed by atoms with Crippen LogP contribution in [-0.4, -0.2) is 43.1 Å². The van der Waals surface area contributed by atoms with Crippen molar-refractivity contribution >= 4 is 45.3 Å². The van der Waals surface area contributed by atoms with Crippen LogP contribution in [-0.2, 0) is 0 Å². The van der Waals surface area contributed by atoms with Gasteiger partial charge in [0, 0.05) is 33.0 Å². The second-order valence-electron chi connectivity index (χ2n) is 14.7. The molecule has 6 rings (SSSR count). The molecule has 326 valence electrons. The summed E-state index contributed by atoms with van der Waals surface area (Å²) in [6.07, 6.45) is 1.21. The quantitative estimate of drug-likeness (QED) is 0.0177. The number of hydrogen-bond donors (Lipinski definition) is 8. The highest BCUT2D eigenvalue weighted by Crippen LogP contribution is 2.54. The second-order valence-corrected chi connectivity index (χ2v) is 14.7. The molecular weight excluding hydrogens is 846 g/mol. The van der Waals surface area contributed by atoms with Gasteiger partial charge in [-0.25, -0.2) is 43.9 Å². The summed E-state index contributed by atoms with van der Waals surface area (Å²) in [7, 11) is 0. The van der Waals surface area contributed by atoms with Gasteiger partial charge in [0.1, 0.15) is 22.9 Å². The van der Waals surface area contributed by atoms with Gasteiger partial charge in [0.05, 0.1) is 23.6 Å². The number of aromatic hydroxyl groups is 6. The van der Waals surface area contributed by atoms with E-state index in [1.54, 1.807) is 38.5 Å². The lowest BCUT2D eigenvalue weighted by molar-refractivity contribution is 0.381. The van der Waals surface area contributed by atoms with E-state index in [1.807, 2.05) is 0 Å². The van der Waals surface area contributed by atoms with E-state index in [9.17, 15) is 74.5 Å².